The zero-order valence-corrected chi connectivity index (χ0v) is 15.4. The van der Waals surface area contributed by atoms with Gasteiger partial charge in [-0.15, -0.1) is 21.5 Å². The Morgan fingerprint density at radius 3 is 2.70 bits per heavy atom. The predicted molar refractivity (Wildman–Crippen MR) is 99.3 cm³/mol. The number of carbonyl (C=O) groups excluding carboxylic acids is 2. The first-order valence-electron chi connectivity index (χ1n) is 8.55. The molecule has 0 radical (unpaired) electrons. The summed E-state index contributed by atoms with van der Waals surface area (Å²) in [7, 11) is 0. The molecular weight excluding hydrogens is 366 g/mol. The summed E-state index contributed by atoms with van der Waals surface area (Å²) in [4.78, 5) is 25.0. The van der Waals surface area contributed by atoms with Gasteiger partial charge in [0.25, 0.3) is 5.89 Å². The van der Waals surface area contributed by atoms with Gasteiger partial charge in [0.15, 0.2) is 6.61 Å². The normalized spacial score (nSPS) is 13.4. The lowest BCUT2D eigenvalue weighted by atomic mass is 10.0. The van der Waals surface area contributed by atoms with Crippen molar-refractivity contribution in [1.82, 2.24) is 10.2 Å². The van der Waals surface area contributed by atoms with E-state index in [1.807, 2.05) is 35.7 Å². The number of esters is 1. The van der Waals surface area contributed by atoms with Crippen LogP contribution in [-0.2, 0) is 16.1 Å². The summed E-state index contributed by atoms with van der Waals surface area (Å²) >= 11 is 1.31. The molecule has 0 spiro atoms. The molecule has 8 heteroatoms. The molecule has 0 bridgehead atoms. The number of rotatable bonds is 6. The van der Waals surface area contributed by atoms with Gasteiger partial charge in [0.2, 0.25) is 11.8 Å². The molecule has 3 aromatic rings. The Morgan fingerprint density at radius 1 is 1.26 bits per heavy atom. The second-order valence-corrected chi connectivity index (χ2v) is 7.15. The highest BCUT2D eigenvalue weighted by Gasteiger charge is 2.31. The zero-order chi connectivity index (χ0) is 18.8. The molecule has 2 heterocycles. The van der Waals surface area contributed by atoms with E-state index in [-0.39, 0.29) is 24.3 Å². The van der Waals surface area contributed by atoms with Gasteiger partial charge < -0.3 is 14.5 Å². The van der Waals surface area contributed by atoms with Gasteiger partial charge in [0.1, 0.15) is 10.6 Å². The minimum atomic E-state index is -0.544. The topological polar surface area (TPSA) is 94.3 Å². The molecule has 27 heavy (non-hydrogen) atoms. The van der Waals surface area contributed by atoms with E-state index in [1.165, 1.54) is 11.3 Å². The molecule has 4 rings (SSSR count). The Bertz CT molecular complexity index is 976. The first-order chi connectivity index (χ1) is 13.1. The Balaban J connectivity index is 1.61. The third-order valence-electron chi connectivity index (χ3n) is 4.16. The lowest BCUT2D eigenvalue weighted by molar-refractivity contribution is -0.117. The van der Waals surface area contributed by atoms with Gasteiger partial charge in [-0.05, 0) is 18.4 Å². The van der Waals surface area contributed by atoms with E-state index < -0.39 is 5.97 Å². The number of hydrogen-bond donors (Lipinski definition) is 1. The second kappa shape index (κ2) is 7.32. The first kappa shape index (κ1) is 17.4. The van der Waals surface area contributed by atoms with Crippen LogP contribution in [0.15, 0.2) is 40.1 Å². The smallest absolute Gasteiger partial charge is 0.342 e. The van der Waals surface area contributed by atoms with E-state index in [9.17, 15) is 9.59 Å². The van der Waals surface area contributed by atoms with Crippen LogP contribution in [0, 0.1) is 12.8 Å². The quantitative estimate of drug-likeness (QED) is 0.651. The summed E-state index contributed by atoms with van der Waals surface area (Å²) in [5.74, 6) is 0.0625. The van der Waals surface area contributed by atoms with Crippen LogP contribution in [0.2, 0.25) is 0 Å². The predicted octanol–water partition coefficient (Wildman–Crippen LogP) is 3.81. The van der Waals surface area contributed by atoms with Gasteiger partial charge in [-0.1, -0.05) is 30.3 Å². The number of aryl methyl sites for hydroxylation is 1. The molecule has 0 atom stereocenters. The van der Waals surface area contributed by atoms with E-state index in [0.717, 1.165) is 24.0 Å². The summed E-state index contributed by atoms with van der Waals surface area (Å²) in [6, 6.07) is 9.51. The highest BCUT2D eigenvalue weighted by molar-refractivity contribution is 7.15. The number of aromatic nitrogens is 2. The Morgan fingerprint density at radius 2 is 2.04 bits per heavy atom. The number of benzene rings is 1. The summed E-state index contributed by atoms with van der Waals surface area (Å²) in [5, 5.41) is 12.8. The van der Waals surface area contributed by atoms with Gasteiger partial charge in [-0.3, -0.25) is 4.79 Å². The average molecular weight is 383 g/mol. The number of carbonyl (C=O) groups is 2. The van der Waals surface area contributed by atoms with Gasteiger partial charge in [-0.25, -0.2) is 4.79 Å². The van der Waals surface area contributed by atoms with Gasteiger partial charge >= 0.3 is 5.97 Å². The van der Waals surface area contributed by atoms with Crippen LogP contribution in [0.3, 0.4) is 0 Å². The number of hydrogen-bond acceptors (Lipinski definition) is 7. The molecule has 1 amide bonds. The molecule has 1 aromatic carbocycles. The Hall–Kier alpha value is -3.00. The Labute approximate surface area is 159 Å². The van der Waals surface area contributed by atoms with Crippen LogP contribution < -0.4 is 5.32 Å². The van der Waals surface area contributed by atoms with Crippen LogP contribution in [-0.4, -0.2) is 22.1 Å². The molecule has 1 aliphatic rings. The van der Waals surface area contributed by atoms with E-state index in [2.05, 4.69) is 15.5 Å². The van der Waals surface area contributed by atoms with E-state index in [4.69, 9.17) is 9.15 Å². The zero-order valence-electron chi connectivity index (χ0n) is 14.6. The molecular formula is C19H17N3O4S. The van der Waals surface area contributed by atoms with Crippen LogP contribution in [0.5, 0.6) is 0 Å². The fourth-order valence-electron chi connectivity index (χ4n) is 2.64. The van der Waals surface area contributed by atoms with Crippen LogP contribution in [0.1, 0.15) is 35.0 Å². The number of thiophene rings is 1. The largest absolute Gasteiger partial charge is 0.452 e. The van der Waals surface area contributed by atoms with Crippen LogP contribution >= 0.6 is 11.3 Å². The minimum absolute atomic E-state index is 0.0394. The van der Waals surface area contributed by atoms with Crippen molar-refractivity contribution < 1.29 is 18.7 Å². The second-order valence-electron chi connectivity index (χ2n) is 6.27. The maximum atomic E-state index is 12.8. The molecule has 0 aliphatic heterocycles. The van der Waals surface area contributed by atoms with Crippen molar-refractivity contribution in [2.24, 2.45) is 5.92 Å². The van der Waals surface area contributed by atoms with Crippen molar-refractivity contribution in [1.29, 1.82) is 0 Å². The molecule has 0 saturated heterocycles. The highest BCUT2D eigenvalue weighted by Crippen LogP contribution is 2.38. The first-order valence-corrected chi connectivity index (χ1v) is 9.43. The standard InChI is InChI=1S/C19H17N3O4S/c1-11-21-22-15(26-11)9-25-19(24)16-14(12-5-3-2-4-6-12)10-27-18(16)20-17(23)13-7-8-13/h2-6,10,13H,7-9H2,1H3,(H,20,23). The van der Waals surface area contributed by atoms with Crippen molar-refractivity contribution in [3.63, 3.8) is 0 Å². The molecule has 0 unspecified atom stereocenters. The summed E-state index contributed by atoms with van der Waals surface area (Å²) in [6.07, 6.45) is 1.78. The fourth-order valence-corrected chi connectivity index (χ4v) is 3.60. The lowest BCUT2D eigenvalue weighted by Crippen LogP contribution is -2.16. The third-order valence-corrected chi connectivity index (χ3v) is 5.05. The Kier molecular flexibility index (Phi) is 4.72. The third kappa shape index (κ3) is 3.90. The average Bonchev–Trinajstić information content (AvgIpc) is 3.33. The van der Waals surface area contributed by atoms with Gasteiger partial charge in [0.05, 0.1) is 0 Å². The molecule has 7 nitrogen and oxygen atoms in total. The number of nitrogens with one attached hydrogen (secondary N) is 1. The summed E-state index contributed by atoms with van der Waals surface area (Å²) in [5.41, 5.74) is 1.94. The summed E-state index contributed by atoms with van der Waals surface area (Å²) < 4.78 is 10.6. The minimum Gasteiger partial charge on any atom is -0.452 e. The SMILES string of the molecule is Cc1nnc(COC(=O)c2c(-c3ccccc3)csc2NC(=O)C2CC2)o1. The monoisotopic (exact) mass is 383 g/mol. The van der Waals surface area contributed by atoms with E-state index in [0.29, 0.717) is 16.5 Å². The summed E-state index contributed by atoms with van der Waals surface area (Å²) in [6.45, 7) is 1.54. The highest BCUT2D eigenvalue weighted by atomic mass is 32.1. The number of nitrogens with zero attached hydrogens (tertiary/aromatic N) is 2. The van der Waals surface area contributed by atoms with Crippen molar-refractivity contribution >= 4 is 28.2 Å². The number of ether oxygens (including phenoxy) is 1. The maximum Gasteiger partial charge on any atom is 0.342 e. The van der Waals surface area contributed by atoms with Crippen molar-refractivity contribution in [3.05, 3.63) is 53.1 Å². The molecule has 1 fully saturated rings. The maximum absolute atomic E-state index is 12.8. The van der Waals surface area contributed by atoms with Crippen LogP contribution in [0.4, 0.5) is 5.00 Å². The van der Waals surface area contributed by atoms with Gasteiger partial charge in [-0.2, -0.15) is 0 Å². The van der Waals surface area contributed by atoms with Crippen molar-refractivity contribution in [3.8, 4) is 11.1 Å². The van der Waals surface area contributed by atoms with E-state index >= 15 is 0 Å². The number of amides is 1. The lowest BCUT2D eigenvalue weighted by Gasteiger charge is -2.08. The molecule has 1 saturated carbocycles. The van der Waals surface area contributed by atoms with E-state index in [1.54, 1.807) is 6.92 Å². The van der Waals surface area contributed by atoms with Crippen molar-refractivity contribution in [2.75, 3.05) is 5.32 Å². The fraction of sp³-hybridized carbons (Fsp3) is 0.263. The van der Waals surface area contributed by atoms with Gasteiger partial charge in [0, 0.05) is 23.8 Å². The molecule has 1 N–H and O–H groups in total. The molecule has 2 aromatic heterocycles. The van der Waals surface area contributed by atoms with Crippen LogP contribution in [0.25, 0.3) is 11.1 Å². The molecule has 138 valence electrons. The number of anilines is 1. The van der Waals surface area contributed by atoms with Crippen molar-refractivity contribution in [2.45, 2.75) is 26.4 Å². The molecule has 1 aliphatic carbocycles.